The zero-order valence-electron chi connectivity index (χ0n) is 14.8. The van der Waals surface area contributed by atoms with Crippen LogP contribution in [0.2, 0.25) is 0 Å². The molecule has 0 saturated heterocycles. The van der Waals surface area contributed by atoms with Crippen molar-refractivity contribution in [3.05, 3.63) is 23.8 Å². The van der Waals surface area contributed by atoms with Crippen LogP contribution in [0.15, 0.2) is 22.5 Å². The highest BCUT2D eigenvalue weighted by molar-refractivity contribution is 8.02. The van der Waals surface area contributed by atoms with E-state index in [0.717, 1.165) is 0 Å². The molecule has 0 saturated carbocycles. The lowest BCUT2D eigenvalue weighted by atomic mass is 10.1. The van der Waals surface area contributed by atoms with Crippen molar-refractivity contribution in [2.24, 2.45) is 0 Å². The molecule has 2 aromatic rings. The van der Waals surface area contributed by atoms with E-state index in [1.165, 1.54) is 37.3 Å². The quantitative estimate of drug-likeness (QED) is 0.412. The van der Waals surface area contributed by atoms with Gasteiger partial charge in [0.15, 0.2) is 4.34 Å². The summed E-state index contributed by atoms with van der Waals surface area (Å²) in [6.45, 7) is 3.80. The molecule has 2 rings (SSSR count). The maximum atomic E-state index is 12.6. The SMILES string of the molecule is CCOC(=O)C(C)Sc1nnc(NC(=O)c2c(OC)cccc2OC)s1. The fourth-order valence-electron chi connectivity index (χ4n) is 2.00. The van der Waals surface area contributed by atoms with Crippen LogP contribution in [-0.4, -0.2) is 48.2 Å². The van der Waals surface area contributed by atoms with Gasteiger partial charge in [0.1, 0.15) is 22.3 Å². The van der Waals surface area contributed by atoms with Gasteiger partial charge in [0.2, 0.25) is 5.13 Å². The Balaban J connectivity index is 2.10. The van der Waals surface area contributed by atoms with E-state index in [1.54, 1.807) is 32.0 Å². The fraction of sp³-hybridized carbons (Fsp3) is 0.375. The molecule has 8 nitrogen and oxygen atoms in total. The number of rotatable bonds is 8. The number of nitrogens with one attached hydrogen (secondary N) is 1. The topological polar surface area (TPSA) is 99.6 Å². The second-order valence-corrected chi connectivity index (χ2v) is 7.44. The summed E-state index contributed by atoms with van der Waals surface area (Å²) in [6, 6.07) is 5.06. The van der Waals surface area contributed by atoms with Crippen LogP contribution in [0.25, 0.3) is 0 Å². The predicted molar refractivity (Wildman–Crippen MR) is 99.4 cm³/mol. The first-order chi connectivity index (χ1) is 12.5. The molecule has 1 N–H and O–H groups in total. The van der Waals surface area contributed by atoms with E-state index in [0.29, 0.717) is 27.6 Å². The van der Waals surface area contributed by atoms with Gasteiger partial charge in [0, 0.05) is 0 Å². The van der Waals surface area contributed by atoms with Gasteiger partial charge >= 0.3 is 5.97 Å². The van der Waals surface area contributed by atoms with E-state index in [4.69, 9.17) is 14.2 Å². The van der Waals surface area contributed by atoms with E-state index in [9.17, 15) is 9.59 Å². The molecule has 1 amide bonds. The van der Waals surface area contributed by atoms with Crippen molar-refractivity contribution in [3.63, 3.8) is 0 Å². The maximum Gasteiger partial charge on any atom is 0.319 e. The fourth-order valence-corrected chi connectivity index (χ4v) is 3.89. The second kappa shape index (κ2) is 9.39. The first kappa shape index (κ1) is 20.0. The van der Waals surface area contributed by atoms with Gasteiger partial charge in [0.05, 0.1) is 20.8 Å². The minimum atomic E-state index is -0.426. The first-order valence-corrected chi connectivity index (χ1v) is 9.38. The van der Waals surface area contributed by atoms with Crippen LogP contribution in [0.4, 0.5) is 5.13 Å². The monoisotopic (exact) mass is 397 g/mol. The minimum Gasteiger partial charge on any atom is -0.496 e. The van der Waals surface area contributed by atoms with E-state index in [-0.39, 0.29) is 11.5 Å². The van der Waals surface area contributed by atoms with Gasteiger partial charge in [-0.15, -0.1) is 10.2 Å². The molecule has 0 fully saturated rings. The summed E-state index contributed by atoms with van der Waals surface area (Å²) in [5.74, 6) is 0.0243. The van der Waals surface area contributed by atoms with Crippen LogP contribution in [0.3, 0.4) is 0 Å². The summed E-state index contributed by atoms with van der Waals surface area (Å²) in [6.07, 6.45) is 0. The Morgan fingerprint density at radius 1 is 1.23 bits per heavy atom. The molecule has 1 aromatic heterocycles. The number of esters is 1. The van der Waals surface area contributed by atoms with Crippen molar-refractivity contribution in [1.29, 1.82) is 0 Å². The van der Waals surface area contributed by atoms with Gasteiger partial charge in [-0.25, -0.2) is 0 Å². The zero-order valence-corrected chi connectivity index (χ0v) is 16.4. The highest BCUT2D eigenvalue weighted by Crippen LogP contribution is 2.32. The lowest BCUT2D eigenvalue weighted by Gasteiger charge is -2.11. The largest absolute Gasteiger partial charge is 0.496 e. The summed E-state index contributed by atoms with van der Waals surface area (Å²) in [5.41, 5.74) is 0.266. The number of methoxy groups -OCH3 is 2. The first-order valence-electron chi connectivity index (χ1n) is 7.69. The Hall–Kier alpha value is -2.33. The minimum absolute atomic E-state index is 0.266. The Bertz CT molecular complexity index is 759. The van der Waals surface area contributed by atoms with Gasteiger partial charge in [-0.1, -0.05) is 29.2 Å². The third-order valence-electron chi connectivity index (χ3n) is 3.18. The lowest BCUT2D eigenvalue weighted by Crippen LogP contribution is -2.16. The molecule has 1 heterocycles. The number of thioether (sulfide) groups is 1. The average Bonchev–Trinajstić information content (AvgIpc) is 3.07. The van der Waals surface area contributed by atoms with Gasteiger partial charge in [-0.3, -0.25) is 14.9 Å². The van der Waals surface area contributed by atoms with Gasteiger partial charge in [-0.2, -0.15) is 0 Å². The van der Waals surface area contributed by atoms with Crippen LogP contribution in [0, 0.1) is 0 Å². The molecule has 0 spiro atoms. The van der Waals surface area contributed by atoms with Crippen LogP contribution >= 0.6 is 23.1 Å². The number of anilines is 1. The summed E-state index contributed by atoms with van der Waals surface area (Å²) in [7, 11) is 2.95. The Morgan fingerprint density at radius 2 is 1.88 bits per heavy atom. The highest BCUT2D eigenvalue weighted by atomic mass is 32.2. The van der Waals surface area contributed by atoms with Crippen LogP contribution in [-0.2, 0) is 9.53 Å². The number of nitrogens with zero attached hydrogens (tertiary/aromatic N) is 2. The molecular weight excluding hydrogens is 378 g/mol. The molecule has 0 aliphatic heterocycles. The number of amides is 1. The van der Waals surface area contributed by atoms with Crippen molar-refractivity contribution < 1.29 is 23.8 Å². The van der Waals surface area contributed by atoms with E-state index in [1.807, 2.05) is 0 Å². The molecule has 140 valence electrons. The maximum absolute atomic E-state index is 12.6. The molecule has 0 aliphatic carbocycles. The molecular formula is C16H19N3O5S2. The van der Waals surface area contributed by atoms with Crippen molar-refractivity contribution in [3.8, 4) is 11.5 Å². The average molecular weight is 397 g/mol. The second-order valence-electron chi connectivity index (χ2n) is 4.88. The molecule has 0 radical (unpaired) electrons. The molecule has 1 unspecified atom stereocenters. The predicted octanol–water partition coefficient (Wildman–Crippen LogP) is 2.85. The standard InChI is InChI=1S/C16H19N3O5S2/c1-5-24-14(21)9(2)25-16-19-18-15(26-16)17-13(20)12-10(22-3)7-6-8-11(12)23-4/h6-9H,5H2,1-4H3,(H,17,18,20). The van der Waals surface area contributed by atoms with E-state index >= 15 is 0 Å². The van der Waals surface area contributed by atoms with Crippen molar-refractivity contribution >= 4 is 40.1 Å². The summed E-state index contributed by atoms with van der Waals surface area (Å²) >= 11 is 2.39. The molecule has 0 bridgehead atoms. The van der Waals surface area contributed by atoms with Gasteiger partial charge < -0.3 is 14.2 Å². The number of benzene rings is 1. The lowest BCUT2D eigenvalue weighted by molar-refractivity contribution is -0.142. The van der Waals surface area contributed by atoms with Crippen molar-refractivity contribution in [1.82, 2.24) is 10.2 Å². The number of ether oxygens (including phenoxy) is 3. The van der Waals surface area contributed by atoms with Crippen LogP contribution in [0.1, 0.15) is 24.2 Å². The number of carbonyl (C=O) groups is 2. The highest BCUT2D eigenvalue weighted by Gasteiger charge is 2.21. The Morgan fingerprint density at radius 3 is 2.46 bits per heavy atom. The number of carbonyl (C=O) groups excluding carboxylic acids is 2. The Kier molecular flexibility index (Phi) is 7.22. The smallest absolute Gasteiger partial charge is 0.319 e. The van der Waals surface area contributed by atoms with E-state index < -0.39 is 11.2 Å². The van der Waals surface area contributed by atoms with Gasteiger partial charge in [-0.05, 0) is 26.0 Å². The third kappa shape index (κ3) is 4.85. The zero-order chi connectivity index (χ0) is 19.1. The third-order valence-corrected chi connectivity index (χ3v) is 5.18. The molecule has 1 atom stereocenters. The van der Waals surface area contributed by atoms with E-state index in [2.05, 4.69) is 15.5 Å². The van der Waals surface area contributed by atoms with Gasteiger partial charge in [0.25, 0.3) is 5.91 Å². The summed E-state index contributed by atoms with van der Waals surface area (Å²) < 4.78 is 16.0. The van der Waals surface area contributed by atoms with Crippen molar-refractivity contribution in [2.45, 2.75) is 23.4 Å². The summed E-state index contributed by atoms with van der Waals surface area (Å²) in [5, 5.41) is 10.5. The molecule has 0 aliphatic rings. The van der Waals surface area contributed by atoms with Crippen molar-refractivity contribution in [2.75, 3.05) is 26.1 Å². The molecule has 10 heteroatoms. The van der Waals surface area contributed by atoms with Crippen LogP contribution < -0.4 is 14.8 Å². The number of hydrogen-bond acceptors (Lipinski definition) is 9. The van der Waals surface area contributed by atoms with Crippen LogP contribution in [0.5, 0.6) is 11.5 Å². The normalized spacial score (nSPS) is 11.5. The number of hydrogen-bond donors (Lipinski definition) is 1. The molecule has 1 aromatic carbocycles. The number of aromatic nitrogens is 2. The Labute approximate surface area is 159 Å². The summed E-state index contributed by atoms with van der Waals surface area (Å²) in [4.78, 5) is 24.3. The molecule has 26 heavy (non-hydrogen) atoms.